The van der Waals surface area contributed by atoms with Gasteiger partial charge in [-0.05, 0) is 6.42 Å². The van der Waals surface area contributed by atoms with Crippen LogP contribution in [0.3, 0.4) is 0 Å². The summed E-state index contributed by atoms with van der Waals surface area (Å²) in [7, 11) is -2.67. The molecule has 0 fully saturated rings. The maximum Gasteiger partial charge on any atom is 0.197 e. The van der Waals surface area contributed by atoms with Crippen molar-refractivity contribution in [3.63, 3.8) is 0 Å². The summed E-state index contributed by atoms with van der Waals surface area (Å²) in [4.78, 5) is 8.57. The van der Waals surface area contributed by atoms with Crippen molar-refractivity contribution in [1.82, 2.24) is 0 Å². The fraction of sp³-hybridized carbons (Fsp3) is 1.00. The summed E-state index contributed by atoms with van der Waals surface area (Å²) < 4.78 is 10.4. The van der Waals surface area contributed by atoms with Gasteiger partial charge in [0.25, 0.3) is 0 Å². The summed E-state index contributed by atoms with van der Waals surface area (Å²) in [5, 5.41) is 0. The summed E-state index contributed by atoms with van der Waals surface area (Å²) in [5.41, 5.74) is 0. The van der Waals surface area contributed by atoms with Crippen LogP contribution in [0.15, 0.2) is 0 Å². The molecule has 1 radical (unpaired) electrons. The largest absolute Gasteiger partial charge is 0.344 e. The van der Waals surface area contributed by atoms with Gasteiger partial charge < -0.3 is 4.89 Å². The molecule has 0 aliphatic heterocycles. The molecule has 0 saturated heterocycles. The van der Waals surface area contributed by atoms with Gasteiger partial charge in [0.1, 0.15) is 0 Å². The molecule has 0 amide bonds. The van der Waals surface area contributed by atoms with Gasteiger partial charge in [-0.2, -0.15) is 0 Å². The molecule has 2 nitrogen and oxygen atoms in total. The van der Waals surface area contributed by atoms with Crippen LogP contribution in [0.5, 0.6) is 0 Å². The normalized spacial score (nSPS) is 16.4. The quantitative estimate of drug-likeness (QED) is 0.463. The zero-order chi connectivity index (χ0) is 5.91. The van der Waals surface area contributed by atoms with Gasteiger partial charge in [0.15, 0.2) is 7.37 Å². The summed E-state index contributed by atoms with van der Waals surface area (Å²) in [6.45, 7) is 3.28. The second-order valence-electron chi connectivity index (χ2n) is 1.77. The number of hydrogen-bond donors (Lipinski definition) is 1. The van der Waals surface area contributed by atoms with Crippen molar-refractivity contribution >= 4 is 36.9 Å². The minimum absolute atomic E-state index is 0. The van der Waals surface area contributed by atoms with E-state index >= 15 is 0 Å². The minimum Gasteiger partial charge on any atom is -0.344 e. The number of rotatable bonds is 2. The van der Waals surface area contributed by atoms with Crippen molar-refractivity contribution in [2.24, 2.45) is 0 Å². The Bertz CT molecular complexity index is 88.0. The smallest absolute Gasteiger partial charge is 0.197 e. The Labute approximate surface area is 72.4 Å². The third kappa shape index (κ3) is 10.2. The molecular formula is C4H11NaO2P. The van der Waals surface area contributed by atoms with E-state index < -0.39 is 7.37 Å². The Kier molecular flexibility index (Phi) is 7.47. The first-order chi connectivity index (χ1) is 3.06. The monoisotopic (exact) mass is 145 g/mol. The van der Waals surface area contributed by atoms with E-state index in [1.54, 1.807) is 0 Å². The van der Waals surface area contributed by atoms with E-state index in [0.717, 1.165) is 6.42 Å². The van der Waals surface area contributed by atoms with Crippen LogP contribution in [0, 0.1) is 0 Å². The number of hydrogen-bond acceptors (Lipinski definition) is 1. The predicted molar refractivity (Wildman–Crippen MR) is 36.7 cm³/mol. The Morgan fingerprint density at radius 1 is 1.62 bits per heavy atom. The molecular weight excluding hydrogens is 134 g/mol. The van der Waals surface area contributed by atoms with E-state index in [1.807, 2.05) is 6.92 Å². The molecule has 0 bridgehead atoms. The van der Waals surface area contributed by atoms with Crippen LogP contribution >= 0.6 is 7.37 Å². The van der Waals surface area contributed by atoms with Crippen LogP contribution in [-0.4, -0.2) is 47.3 Å². The van der Waals surface area contributed by atoms with Gasteiger partial charge in [-0.25, -0.2) is 0 Å². The summed E-state index contributed by atoms with van der Waals surface area (Å²) >= 11 is 0. The molecule has 1 unspecified atom stereocenters. The molecule has 0 rings (SSSR count). The van der Waals surface area contributed by atoms with Gasteiger partial charge in [-0.1, -0.05) is 6.92 Å². The third-order valence-electron chi connectivity index (χ3n) is 0.639. The fourth-order valence-electron chi connectivity index (χ4n) is 0.415. The Balaban J connectivity index is 0. The van der Waals surface area contributed by atoms with Crippen molar-refractivity contribution in [3.8, 4) is 0 Å². The van der Waals surface area contributed by atoms with Gasteiger partial charge in [0, 0.05) is 42.4 Å². The van der Waals surface area contributed by atoms with Crippen LogP contribution in [-0.2, 0) is 4.57 Å². The Hall–Kier alpha value is 1.19. The van der Waals surface area contributed by atoms with Gasteiger partial charge in [0.2, 0.25) is 0 Å². The average molecular weight is 145 g/mol. The first-order valence-corrected chi connectivity index (χ1v) is 4.65. The maximum atomic E-state index is 10.4. The van der Waals surface area contributed by atoms with E-state index in [1.165, 1.54) is 6.66 Å². The predicted octanol–water partition coefficient (Wildman–Crippen LogP) is 0.916. The van der Waals surface area contributed by atoms with Crippen LogP contribution in [0.25, 0.3) is 0 Å². The average Bonchev–Trinajstić information content (AvgIpc) is 1.30. The van der Waals surface area contributed by atoms with Crippen molar-refractivity contribution in [1.29, 1.82) is 0 Å². The maximum absolute atomic E-state index is 10.4. The van der Waals surface area contributed by atoms with Crippen LogP contribution < -0.4 is 0 Å². The van der Waals surface area contributed by atoms with Gasteiger partial charge in [0.05, 0.1) is 0 Å². The van der Waals surface area contributed by atoms with Gasteiger partial charge >= 0.3 is 0 Å². The summed E-state index contributed by atoms with van der Waals surface area (Å²) in [5.74, 6) is 0. The zero-order valence-corrected chi connectivity index (χ0v) is 8.61. The molecule has 0 aromatic rings. The van der Waals surface area contributed by atoms with Crippen LogP contribution in [0.2, 0.25) is 0 Å². The molecule has 4 heteroatoms. The minimum atomic E-state index is -2.67. The van der Waals surface area contributed by atoms with Crippen molar-refractivity contribution < 1.29 is 9.46 Å². The molecule has 0 aromatic carbocycles. The van der Waals surface area contributed by atoms with E-state index in [-0.39, 0.29) is 29.6 Å². The summed E-state index contributed by atoms with van der Waals surface area (Å²) in [6, 6.07) is 0. The first-order valence-electron chi connectivity index (χ1n) is 2.35. The summed E-state index contributed by atoms with van der Waals surface area (Å²) in [6.07, 6.45) is 1.25. The second-order valence-corrected chi connectivity index (χ2v) is 4.32. The molecule has 0 saturated carbocycles. The molecule has 1 atom stereocenters. The first kappa shape index (κ1) is 11.9. The molecule has 0 aliphatic rings. The van der Waals surface area contributed by atoms with Gasteiger partial charge in [-0.15, -0.1) is 0 Å². The van der Waals surface area contributed by atoms with E-state index in [4.69, 9.17) is 4.89 Å². The molecule has 8 heavy (non-hydrogen) atoms. The van der Waals surface area contributed by atoms with Gasteiger partial charge in [-0.3, -0.25) is 4.57 Å². The fourth-order valence-corrected chi connectivity index (χ4v) is 1.24. The topological polar surface area (TPSA) is 37.3 Å². The third-order valence-corrected chi connectivity index (χ3v) is 1.92. The zero-order valence-electron chi connectivity index (χ0n) is 5.72. The van der Waals surface area contributed by atoms with Crippen molar-refractivity contribution in [3.05, 3.63) is 0 Å². The van der Waals surface area contributed by atoms with Crippen molar-refractivity contribution in [2.75, 3.05) is 12.8 Å². The molecule has 0 heterocycles. The molecule has 45 valence electrons. The molecule has 0 aromatic heterocycles. The Morgan fingerprint density at radius 2 is 2.00 bits per heavy atom. The van der Waals surface area contributed by atoms with Crippen LogP contribution in [0.1, 0.15) is 13.3 Å². The Morgan fingerprint density at radius 3 is 2.00 bits per heavy atom. The SMILES string of the molecule is CCCP(C)(=O)O.[Na]. The molecule has 1 N–H and O–H groups in total. The van der Waals surface area contributed by atoms with E-state index in [9.17, 15) is 4.57 Å². The van der Waals surface area contributed by atoms with Crippen LogP contribution in [0.4, 0.5) is 0 Å². The van der Waals surface area contributed by atoms with Crippen molar-refractivity contribution in [2.45, 2.75) is 13.3 Å². The van der Waals surface area contributed by atoms with E-state index in [0.29, 0.717) is 6.16 Å². The standard InChI is InChI=1S/C4H11O2P.Na/c1-3-4-7(2,5)6;/h3-4H2,1-2H3,(H,5,6);. The molecule has 0 aliphatic carbocycles. The second kappa shape index (κ2) is 5.01. The van der Waals surface area contributed by atoms with E-state index in [2.05, 4.69) is 0 Å². The molecule has 0 spiro atoms.